The van der Waals surface area contributed by atoms with Gasteiger partial charge in [0.2, 0.25) is 5.91 Å². The van der Waals surface area contributed by atoms with Gasteiger partial charge in [0.05, 0.1) is 11.0 Å². The van der Waals surface area contributed by atoms with Gasteiger partial charge in [-0.05, 0) is 37.3 Å². The van der Waals surface area contributed by atoms with Crippen LogP contribution in [0.2, 0.25) is 0 Å². The number of fused-ring (bicyclic) bond motifs is 1. The predicted molar refractivity (Wildman–Crippen MR) is 70.5 cm³/mol. The molecular weight excluding hydrogens is 253 g/mol. The fourth-order valence-corrected chi connectivity index (χ4v) is 2.33. The molecule has 4 nitrogen and oxygen atoms in total. The lowest BCUT2D eigenvalue weighted by Gasteiger charge is -2.18. The van der Waals surface area contributed by atoms with Crippen LogP contribution in [0.25, 0.3) is 11.0 Å². The number of halogens is 1. The largest absolute Gasteiger partial charge is 0.347 e. The van der Waals surface area contributed by atoms with Crippen LogP contribution in [0.4, 0.5) is 4.39 Å². The first-order valence-corrected chi connectivity index (χ1v) is 5.93. The number of nitrogens with one attached hydrogen (secondary N) is 1. The number of H-pyrrole nitrogens is 1. The van der Waals surface area contributed by atoms with E-state index in [0.717, 1.165) is 5.52 Å². The number of likely N-dealkylation sites (N-methyl/N-ethyl adjacent to an activating group) is 1. The van der Waals surface area contributed by atoms with Gasteiger partial charge >= 0.3 is 0 Å². The van der Waals surface area contributed by atoms with Crippen molar-refractivity contribution in [3.8, 4) is 0 Å². The number of carbonyl (C=O) groups is 1. The average Bonchev–Trinajstić information content (AvgIpc) is 2.62. The molecule has 1 aromatic heterocycles. The van der Waals surface area contributed by atoms with E-state index in [0.29, 0.717) is 10.3 Å². The second-order valence-electron chi connectivity index (χ2n) is 4.37. The average molecular weight is 267 g/mol. The minimum atomic E-state index is -0.469. The van der Waals surface area contributed by atoms with Crippen LogP contribution in [0.5, 0.6) is 0 Å². The first kappa shape index (κ1) is 12.8. The Labute approximate surface area is 109 Å². The van der Waals surface area contributed by atoms with Crippen molar-refractivity contribution in [3.05, 3.63) is 28.8 Å². The number of aromatic amines is 1. The molecule has 0 aliphatic rings. The van der Waals surface area contributed by atoms with Crippen LogP contribution in [-0.4, -0.2) is 34.5 Å². The molecule has 96 valence electrons. The molecule has 1 amide bonds. The lowest BCUT2D eigenvalue weighted by molar-refractivity contribution is -0.131. The third kappa shape index (κ3) is 2.03. The molecule has 0 fully saturated rings. The molecule has 1 heterocycles. The Morgan fingerprint density at radius 2 is 2.17 bits per heavy atom. The standard InChI is InChI=1S/C12H14FN3OS/c1-7(11(17)15(2)3)16-10-6-8(13)4-5-9(10)14-12(16)18/h4-7H,1-3H3,(H,14,18). The maximum absolute atomic E-state index is 13.3. The zero-order valence-corrected chi connectivity index (χ0v) is 11.2. The summed E-state index contributed by atoms with van der Waals surface area (Å²) in [6.07, 6.45) is 0. The lowest BCUT2D eigenvalue weighted by atomic mass is 10.2. The molecule has 0 spiro atoms. The van der Waals surface area contributed by atoms with Crippen molar-refractivity contribution in [2.24, 2.45) is 0 Å². The number of imidazole rings is 1. The number of carbonyl (C=O) groups excluding carboxylic acids is 1. The van der Waals surface area contributed by atoms with E-state index < -0.39 is 6.04 Å². The van der Waals surface area contributed by atoms with Gasteiger partial charge < -0.3 is 14.5 Å². The number of amides is 1. The number of nitrogens with zero attached hydrogens (tertiary/aromatic N) is 2. The van der Waals surface area contributed by atoms with Gasteiger partial charge in [0.25, 0.3) is 0 Å². The van der Waals surface area contributed by atoms with Crippen LogP contribution < -0.4 is 0 Å². The highest BCUT2D eigenvalue weighted by Gasteiger charge is 2.20. The van der Waals surface area contributed by atoms with Gasteiger partial charge in [-0.1, -0.05) is 0 Å². The fourth-order valence-electron chi connectivity index (χ4n) is 1.96. The van der Waals surface area contributed by atoms with Gasteiger partial charge in [0.15, 0.2) is 4.77 Å². The van der Waals surface area contributed by atoms with E-state index in [2.05, 4.69) is 4.98 Å². The Kier molecular flexibility index (Phi) is 3.21. The van der Waals surface area contributed by atoms with Crippen LogP contribution in [0.15, 0.2) is 18.2 Å². The summed E-state index contributed by atoms with van der Waals surface area (Å²) in [4.78, 5) is 16.4. The third-order valence-electron chi connectivity index (χ3n) is 2.87. The minimum Gasteiger partial charge on any atom is -0.347 e. The van der Waals surface area contributed by atoms with Crippen LogP contribution in [-0.2, 0) is 4.79 Å². The number of hydrogen-bond donors (Lipinski definition) is 1. The SMILES string of the molecule is CC(C(=O)N(C)C)n1c(=S)[nH]c2ccc(F)cc21. The summed E-state index contributed by atoms with van der Waals surface area (Å²) in [5, 5.41) is 0. The summed E-state index contributed by atoms with van der Waals surface area (Å²) in [6, 6.07) is 3.88. The van der Waals surface area contributed by atoms with Gasteiger partial charge in [-0.3, -0.25) is 4.79 Å². The van der Waals surface area contributed by atoms with Crippen molar-refractivity contribution < 1.29 is 9.18 Å². The van der Waals surface area contributed by atoms with E-state index >= 15 is 0 Å². The third-order valence-corrected chi connectivity index (χ3v) is 3.16. The van der Waals surface area contributed by atoms with Crippen molar-refractivity contribution in [3.63, 3.8) is 0 Å². The lowest BCUT2D eigenvalue weighted by Crippen LogP contribution is -2.30. The van der Waals surface area contributed by atoms with Crippen LogP contribution >= 0.6 is 12.2 Å². The Hall–Kier alpha value is -1.69. The fraction of sp³-hybridized carbons (Fsp3) is 0.333. The minimum absolute atomic E-state index is 0.0868. The Morgan fingerprint density at radius 1 is 1.50 bits per heavy atom. The van der Waals surface area contributed by atoms with Crippen molar-refractivity contribution in [1.82, 2.24) is 14.5 Å². The molecule has 18 heavy (non-hydrogen) atoms. The van der Waals surface area contributed by atoms with Gasteiger partial charge in [0, 0.05) is 14.1 Å². The van der Waals surface area contributed by atoms with E-state index in [4.69, 9.17) is 12.2 Å². The smallest absolute Gasteiger partial charge is 0.244 e. The maximum Gasteiger partial charge on any atom is 0.244 e. The van der Waals surface area contributed by atoms with Crippen molar-refractivity contribution in [2.75, 3.05) is 14.1 Å². The summed E-state index contributed by atoms with van der Waals surface area (Å²) < 4.78 is 15.3. The molecule has 2 aromatic rings. The zero-order valence-electron chi connectivity index (χ0n) is 10.4. The van der Waals surface area contributed by atoms with E-state index in [1.165, 1.54) is 17.0 Å². The molecule has 1 aromatic carbocycles. The first-order chi connectivity index (χ1) is 8.41. The predicted octanol–water partition coefficient (Wildman–Crippen LogP) is 2.49. The molecule has 1 atom stereocenters. The molecule has 0 saturated heterocycles. The Bertz CT molecular complexity index is 659. The normalized spacial score (nSPS) is 12.7. The van der Waals surface area contributed by atoms with Gasteiger partial charge in [-0.15, -0.1) is 0 Å². The highest BCUT2D eigenvalue weighted by atomic mass is 32.1. The Balaban J connectivity index is 2.63. The molecule has 0 bridgehead atoms. The van der Waals surface area contributed by atoms with Gasteiger partial charge in [-0.2, -0.15) is 0 Å². The van der Waals surface area contributed by atoms with E-state index in [1.54, 1.807) is 31.7 Å². The molecule has 0 aliphatic heterocycles. The topological polar surface area (TPSA) is 41.0 Å². The van der Waals surface area contributed by atoms with E-state index in [-0.39, 0.29) is 11.7 Å². The molecule has 1 unspecified atom stereocenters. The number of rotatable bonds is 2. The Morgan fingerprint density at radius 3 is 2.78 bits per heavy atom. The molecule has 0 aliphatic carbocycles. The number of aromatic nitrogens is 2. The van der Waals surface area contributed by atoms with Gasteiger partial charge in [-0.25, -0.2) is 4.39 Å². The monoisotopic (exact) mass is 267 g/mol. The van der Waals surface area contributed by atoms with E-state index in [1.807, 2.05) is 0 Å². The van der Waals surface area contributed by atoms with Crippen molar-refractivity contribution in [2.45, 2.75) is 13.0 Å². The van der Waals surface area contributed by atoms with Crippen LogP contribution in [0, 0.1) is 10.6 Å². The summed E-state index contributed by atoms with van der Waals surface area (Å²) in [6.45, 7) is 1.75. The highest BCUT2D eigenvalue weighted by Crippen LogP contribution is 2.21. The van der Waals surface area contributed by atoms with Crippen molar-refractivity contribution >= 4 is 29.2 Å². The second-order valence-corrected chi connectivity index (χ2v) is 4.76. The first-order valence-electron chi connectivity index (χ1n) is 5.52. The molecule has 2 rings (SSSR count). The molecule has 0 radical (unpaired) electrons. The summed E-state index contributed by atoms with van der Waals surface area (Å²) >= 11 is 5.19. The van der Waals surface area contributed by atoms with E-state index in [9.17, 15) is 9.18 Å². The zero-order chi connectivity index (χ0) is 13.4. The summed E-state index contributed by atoms with van der Waals surface area (Å²) in [5.41, 5.74) is 1.32. The maximum atomic E-state index is 13.3. The van der Waals surface area contributed by atoms with Crippen molar-refractivity contribution in [1.29, 1.82) is 0 Å². The highest BCUT2D eigenvalue weighted by molar-refractivity contribution is 7.71. The van der Waals surface area contributed by atoms with Gasteiger partial charge in [0.1, 0.15) is 11.9 Å². The van der Waals surface area contributed by atoms with Crippen LogP contribution in [0.1, 0.15) is 13.0 Å². The molecule has 0 saturated carbocycles. The molecule has 6 heteroatoms. The summed E-state index contributed by atoms with van der Waals surface area (Å²) in [7, 11) is 3.36. The number of hydrogen-bond acceptors (Lipinski definition) is 2. The quantitative estimate of drug-likeness (QED) is 0.849. The number of benzene rings is 1. The second kappa shape index (κ2) is 4.53. The summed E-state index contributed by atoms with van der Waals surface area (Å²) in [5.74, 6) is -0.439. The molecular formula is C12H14FN3OS. The molecule has 1 N–H and O–H groups in total. The van der Waals surface area contributed by atoms with Crippen LogP contribution in [0.3, 0.4) is 0 Å².